The smallest absolute Gasteiger partial charge is 0.290 e. The quantitative estimate of drug-likeness (QED) is 0.0120. The van der Waals surface area contributed by atoms with Gasteiger partial charge < -0.3 is 10.2 Å². The molecule has 7 N–H and O–H groups in total. The second kappa shape index (κ2) is 25.7. The molecule has 21 heteroatoms. The normalized spacial score (nSPS) is 11.3. The molecule has 0 atom stereocenters. The Morgan fingerprint density at radius 1 is 0.635 bits per heavy atom. The van der Waals surface area contributed by atoms with Crippen LogP contribution in [0.4, 0.5) is 28.4 Å². The van der Waals surface area contributed by atoms with E-state index in [1.165, 1.54) is 6.07 Å². The van der Waals surface area contributed by atoms with Crippen molar-refractivity contribution in [1.29, 1.82) is 0 Å². The lowest BCUT2D eigenvalue weighted by molar-refractivity contribution is -0.684. The first kappa shape index (κ1) is 55.5. The molecule has 1 aromatic heterocycles. The third-order valence-corrected chi connectivity index (χ3v) is 15.1. The van der Waals surface area contributed by atoms with E-state index in [9.17, 15) is 36.0 Å². The molecule has 0 fully saturated rings. The molecule has 1 heterocycles. The number of carbonyl (C=O) groups excluding carboxylic acids is 4. The zero-order chi connectivity index (χ0) is 53.4. The number of hydrazine groups is 2. The van der Waals surface area contributed by atoms with E-state index in [0.717, 1.165) is 47.9 Å². The Hall–Kier alpha value is -7.85. The van der Waals surface area contributed by atoms with Crippen LogP contribution in [0.1, 0.15) is 63.9 Å². The van der Waals surface area contributed by atoms with Gasteiger partial charge in [-0.3, -0.25) is 55.2 Å². The Balaban J connectivity index is 0.931. The minimum atomic E-state index is -4.05. The second-order valence-electron chi connectivity index (χ2n) is 17.7. The summed E-state index contributed by atoms with van der Waals surface area (Å²) in [6.45, 7) is 8.60. The first-order valence-electron chi connectivity index (χ1n) is 23.7. The lowest BCUT2D eigenvalue weighted by Crippen LogP contribution is -2.41. The SMILES string of the molecule is Cc1ccc(S(=O)(=O)Nc2ccc(NNC=O)cc2)c(C)c1NC(=O)C[n+]1cccc(C(=O)N(C)CCCCCCN(C)OCc2cccc(-c3c(C)ccc(S(=O)(=O)Nc4ccc(NNC=O)cc4)c3C)c2)c1. The van der Waals surface area contributed by atoms with E-state index in [1.807, 2.05) is 43.3 Å². The summed E-state index contributed by atoms with van der Waals surface area (Å²) in [4.78, 5) is 55.8. The molecule has 0 spiro atoms. The summed E-state index contributed by atoms with van der Waals surface area (Å²) in [6.07, 6.45) is 7.80. The fourth-order valence-corrected chi connectivity index (χ4v) is 10.9. The third kappa shape index (κ3) is 15.1. The van der Waals surface area contributed by atoms with Gasteiger partial charge in [-0.1, -0.05) is 43.2 Å². The number of hydrogen-bond donors (Lipinski definition) is 7. The molecule has 0 aliphatic carbocycles. The zero-order valence-electron chi connectivity index (χ0n) is 42.2. The summed E-state index contributed by atoms with van der Waals surface area (Å²) in [5, 5.41) is 4.68. The Bertz CT molecular complexity index is 3180. The number of pyridine rings is 1. The lowest BCUT2D eigenvalue weighted by Gasteiger charge is -2.19. The number of unbranched alkanes of at least 4 members (excludes halogenated alkanes) is 3. The topological polar surface area (TPSA) is 240 Å². The standard InChI is InChI=1S/C53H62N10O9S2/c1-37-16-26-48(73(68,69)59-46-22-18-44(19-23-46)57-54-35-64)39(3)51(37)42-14-11-13-41(31-42)34-72-62(6)29-10-8-7-9-28-61(5)53(67)43-15-12-30-63(32-43)33-50(66)56-52-38(2)17-27-49(40(52)4)74(70,71)60-47-24-20-45(21-25-47)58-55-36-65/h11-27,30-32,35-36,57-60H,7-10,28-29,33-34H2,1-6H3,(H2-,54,55,56,64,65,66)/p+1. The number of aryl methyl sites for hydroxylation is 2. The zero-order valence-corrected chi connectivity index (χ0v) is 43.8. The minimum absolute atomic E-state index is 0.00679. The van der Waals surface area contributed by atoms with Crippen LogP contribution < -0.4 is 41.0 Å². The van der Waals surface area contributed by atoms with Crippen LogP contribution in [0.3, 0.4) is 0 Å². The van der Waals surface area contributed by atoms with E-state index in [4.69, 9.17) is 4.84 Å². The molecule has 0 saturated carbocycles. The van der Waals surface area contributed by atoms with Crippen LogP contribution in [0.5, 0.6) is 0 Å². The highest BCUT2D eigenvalue weighted by Gasteiger charge is 2.24. The number of amides is 4. The van der Waals surface area contributed by atoms with Gasteiger partial charge in [-0.15, -0.1) is 0 Å². The van der Waals surface area contributed by atoms with E-state index in [0.29, 0.717) is 83.2 Å². The number of anilines is 5. The predicted molar refractivity (Wildman–Crippen MR) is 286 cm³/mol. The highest BCUT2D eigenvalue weighted by Crippen LogP contribution is 2.34. The summed E-state index contributed by atoms with van der Waals surface area (Å²) < 4.78 is 60.9. The molecule has 0 aliphatic rings. The predicted octanol–water partition coefficient (Wildman–Crippen LogP) is 6.96. The molecule has 6 aromatic rings. The Morgan fingerprint density at radius 2 is 1.19 bits per heavy atom. The van der Waals surface area contributed by atoms with E-state index < -0.39 is 26.0 Å². The van der Waals surface area contributed by atoms with Gasteiger partial charge in [0, 0.05) is 50.3 Å². The summed E-state index contributed by atoms with van der Waals surface area (Å²) >= 11 is 0. The highest BCUT2D eigenvalue weighted by molar-refractivity contribution is 7.93. The average molecular weight is 1050 g/mol. The largest absolute Gasteiger partial charge is 0.342 e. The Kier molecular flexibility index (Phi) is 19.3. The van der Waals surface area contributed by atoms with E-state index in [2.05, 4.69) is 36.5 Å². The van der Waals surface area contributed by atoms with Crippen LogP contribution in [0, 0.1) is 27.7 Å². The number of rotatable bonds is 27. The van der Waals surface area contributed by atoms with E-state index >= 15 is 0 Å². The van der Waals surface area contributed by atoms with Crippen LogP contribution in [-0.2, 0) is 52.4 Å². The van der Waals surface area contributed by atoms with Crippen molar-refractivity contribution in [1.82, 2.24) is 20.8 Å². The molecular weight excluding hydrogens is 985 g/mol. The maximum atomic E-state index is 13.6. The number of nitrogens with zero attached hydrogens (tertiary/aromatic N) is 3. The number of aromatic nitrogens is 1. The van der Waals surface area contributed by atoms with E-state index in [-0.39, 0.29) is 22.2 Å². The van der Waals surface area contributed by atoms with Crippen molar-refractivity contribution in [2.45, 2.75) is 76.3 Å². The molecule has 0 radical (unpaired) electrons. The molecule has 0 unspecified atom stereocenters. The van der Waals surface area contributed by atoms with Gasteiger partial charge in [0.1, 0.15) is 5.56 Å². The van der Waals surface area contributed by atoms with Gasteiger partial charge >= 0.3 is 0 Å². The van der Waals surface area contributed by atoms with Crippen LogP contribution >= 0.6 is 0 Å². The first-order chi connectivity index (χ1) is 35.4. The van der Waals surface area contributed by atoms with Crippen molar-refractivity contribution in [2.75, 3.05) is 52.8 Å². The van der Waals surface area contributed by atoms with Gasteiger partial charge in [0.05, 0.1) is 27.8 Å². The highest BCUT2D eigenvalue weighted by atomic mass is 32.2. The van der Waals surface area contributed by atoms with Crippen LogP contribution in [0.2, 0.25) is 0 Å². The molecule has 390 valence electrons. The maximum Gasteiger partial charge on any atom is 0.290 e. The number of hydroxylamine groups is 2. The summed E-state index contributed by atoms with van der Waals surface area (Å²) in [5.41, 5.74) is 17.8. The lowest BCUT2D eigenvalue weighted by atomic mass is 9.95. The van der Waals surface area contributed by atoms with Crippen molar-refractivity contribution in [3.8, 4) is 11.1 Å². The monoisotopic (exact) mass is 1050 g/mol. The molecule has 19 nitrogen and oxygen atoms in total. The van der Waals surface area contributed by atoms with Gasteiger partial charge in [0.2, 0.25) is 19.4 Å². The van der Waals surface area contributed by atoms with Crippen molar-refractivity contribution in [2.24, 2.45) is 0 Å². The van der Waals surface area contributed by atoms with Gasteiger partial charge in [-0.2, -0.15) is 9.63 Å². The number of nitrogens with one attached hydrogen (secondary N) is 7. The van der Waals surface area contributed by atoms with Crippen LogP contribution in [0.25, 0.3) is 11.1 Å². The van der Waals surface area contributed by atoms with Crippen LogP contribution in [0.15, 0.2) is 131 Å². The average Bonchev–Trinajstić information content (AvgIpc) is 3.37. The minimum Gasteiger partial charge on any atom is -0.342 e. The van der Waals surface area contributed by atoms with Crippen molar-refractivity contribution < 1.29 is 45.4 Å². The number of hydrogen-bond acceptors (Lipinski definition) is 12. The Morgan fingerprint density at radius 3 is 1.78 bits per heavy atom. The molecule has 0 bridgehead atoms. The fourth-order valence-electron chi connectivity index (χ4n) is 8.28. The van der Waals surface area contributed by atoms with Crippen molar-refractivity contribution in [3.05, 3.63) is 155 Å². The molecule has 4 amide bonds. The van der Waals surface area contributed by atoms with Crippen LogP contribution in [-0.4, -0.2) is 78.6 Å². The second-order valence-corrected chi connectivity index (χ2v) is 21.0. The molecule has 0 aliphatic heterocycles. The van der Waals surface area contributed by atoms with Gasteiger partial charge in [-0.05, 0) is 152 Å². The molecule has 5 aromatic carbocycles. The molecule has 74 heavy (non-hydrogen) atoms. The third-order valence-electron chi connectivity index (χ3n) is 12.1. The summed E-state index contributed by atoms with van der Waals surface area (Å²) in [5.74, 6) is -0.585. The molecule has 6 rings (SSSR count). The Labute approximate surface area is 432 Å². The summed E-state index contributed by atoms with van der Waals surface area (Å²) in [7, 11) is -4.34. The molecule has 0 saturated heterocycles. The van der Waals surface area contributed by atoms with Gasteiger partial charge in [0.15, 0.2) is 12.4 Å². The first-order valence-corrected chi connectivity index (χ1v) is 26.7. The molecular formula is C53H63N10O9S2+. The fraction of sp³-hybridized carbons (Fsp3) is 0.264. The maximum absolute atomic E-state index is 13.6. The van der Waals surface area contributed by atoms with Gasteiger partial charge in [0.25, 0.3) is 31.9 Å². The van der Waals surface area contributed by atoms with Crippen molar-refractivity contribution >= 4 is 73.1 Å². The number of carbonyl (C=O) groups is 4. The number of benzene rings is 5. The number of sulfonamides is 2. The summed E-state index contributed by atoms with van der Waals surface area (Å²) in [6, 6.07) is 30.6. The van der Waals surface area contributed by atoms with E-state index in [1.54, 1.807) is 129 Å². The van der Waals surface area contributed by atoms with Crippen molar-refractivity contribution in [3.63, 3.8) is 0 Å². The van der Waals surface area contributed by atoms with Gasteiger partial charge in [-0.25, -0.2) is 16.8 Å².